The number of pyridine rings is 1. The lowest BCUT2D eigenvalue weighted by molar-refractivity contribution is -0.0501. The van der Waals surface area contributed by atoms with E-state index in [2.05, 4.69) is 15.0 Å². The molecule has 0 fully saturated rings. The van der Waals surface area contributed by atoms with Crippen LogP contribution in [0.4, 0.5) is 8.78 Å². The predicted octanol–water partition coefficient (Wildman–Crippen LogP) is 4.20. The minimum absolute atomic E-state index is 0.0321. The van der Waals surface area contributed by atoms with E-state index < -0.39 is 18.6 Å². The number of hydrogen-bond acceptors (Lipinski definition) is 3. The van der Waals surface area contributed by atoms with Crippen LogP contribution in [0.15, 0.2) is 79.0 Å². The second-order valence-corrected chi connectivity index (χ2v) is 5.45. The number of hydrogen-bond donors (Lipinski definition) is 1. The number of nitrogens with one attached hydrogen (secondary N) is 1. The maximum absolute atomic E-state index is 12.7. The molecular weight excluding hydrogens is 338 g/mol. The number of carbonyl (C=O) groups is 1. The zero-order valence-corrected chi connectivity index (χ0v) is 13.7. The number of benzene rings is 2. The summed E-state index contributed by atoms with van der Waals surface area (Å²) in [5.74, 6) is -0.700. The zero-order chi connectivity index (χ0) is 18.4. The van der Waals surface area contributed by atoms with Gasteiger partial charge in [-0.15, -0.1) is 0 Å². The molecule has 1 heterocycles. The SMILES string of the molecule is O=C(NC(c1ccccc1)c1ccccn1)c1ccccc1OC(F)F. The quantitative estimate of drug-likeness (QED) is 0.722. The van der Waals surface area contributed by atoms with Gasteiger partial charge < -0.3 is 10.1 Å². The van der Waals surface area contributed by atoms with Gasteiger partial charge in [0, 0.05) is 6.20 Å². The molecule has 3 rings (SSSR count). The van der Waals surface area contributed by atoms with Gasteiger partial charge in [0.25, 0.3) is 5.91 Å². The van der Waals surface area contributed by atoms with Crippen LogP contribution in [-0.4, -0.2) is 17.5 Å². The van der Waals surface area contributed by atoms with E-state index in [4.69, 9.17) is 0 Å². The summed E-state index contributed by atoms with van der Waals surface area (Å²) in [7, 11) is 0. The summed E-state index contributed by atoms with van der Waals surface area (Å²) in [6.45, 7) is -3.01. The van der Waals surface area contributed by atoms with Gasteiger partial charge in [0.15, 0.2) is 0 Å². The normalized spacial score (nSPS) is 11.8. The molecule has 0 aliphatic heterocycles. The molecule has 0 bridgehead atoms. The molecule has 2 aromatic carbocycles. The van der Waals surface area contributed by atoms with E-state index >= 15 is 0 Å². The van der Waals surface area contributed by atoms with Gasteiger partial charge in [0.2, 0.25) is 0 Å². The third kappa shape index (κ3) is 4.22. The number of carbonyl (C=O) groups excluding carboxylic acids is 1. The van der Waals surface area contributed by atoms with Crippen molar-refractivity contribution in [3.8, 4) is 5.75 Å². The van der Waals surface area contributed by atoms with Crippen molar-refractivity contribution in [2.45, 2.75) is 12.7 Å². The fourth-order valence-corrected chi connectivity index (χ4v) is 2.58. The second-order valence-electron chi connectivity index (χ2n) is 5.45. The van der Waals surface area contributed by atoms with Crippen molar-refractivity contribution < 1.29 is 18.3 Å². The van der Waals surface area contributed by atoms with Gasteiger partial charge in [0.05, 0.1) is 17.3 Å². The molecule has 0 aliphatic rings. The maximum Gasteiger partial charge on any atom is 0.387 e. The Hall–Kier alpha value is -3.28. The summed E-state index contributed by atoms with van der Waals surface area (Å²) >= 11 is 0. The average Bonchev–Trinajstić information content (AvgIpc) is 2.67. The number of halogens is 2. The van der Waals surface area contributed by atoms with Crippen molar-refractivity contribution in [1.82, 2.24) is 10.3 Å². The Labute approximate surface area is 149 Å². The Morgan fingerprint density at radius 1 is 0.923 bits per heavy atom. The molecule has 0 radical (unpaired) electrons. The second kappa shape index (κ2) is 8.20. The van der Waals surface area contributed by atoms with Crippen molar-refractivity contribution in [3.63, 3.8) is 0 Å². The van der Waals surface area contributed by atoms with E-state index in [1.807, 2.05) is 36.4 Å². The molecule has 4 nitrogen and oxygen atoms in total. The van der Waals surface area contributed by atoms with Crippen LogP contribution in [0.3, 0.4) is 0 Å². The minimum Gasteiger partial charge on any atom is -0.434 e. The van der Waals surface area contributed by atoms with Crippen LogP contribution in [0.25, 0.3) is 0 Å². The largest absolute Gasteiger partial charge is 0.434 e. The first-order chi connectivity index (χ1) is 12.6. The van der Waals surface area contributed by atoms with Crippen molar-refractivity contribution in [1.29, 1.82) is 0 Å². The molecule has 6 heteroatoms. The lowest BCUT2D eigenvalue weighted by Crippen LogP contribution is -2.30. The predicted molar refractivity (Wildman–Crippen MR) is 93.1 cm³/mol. The van der Waals surface area contributed by atoms with Crippen LogP contribution in [0, 0.1) is 0 Å². The lowest BCUT2D eigenvalue weighted by Gasteiger charge is -2.20. The van der Waals surface area contributed by atoms with Crippen LogP contribution in [0.5, 0.6) is 5.75 Å². The molecule has 26 heavy (non-hydrogen) atoms. The van der Waals surface area contributed by atoms with Crippen LogP contribution in [0.1, 0.15) is 27.7 Å². The number of amides is 1. The van der Waals surface area contributed by atoms with Crippen LogP contribution in [0.2, 0.25) is 0 Å². The average molecular weight is 354 g/mol. The highest BCUT2D eigenvalue weighted by Crippen LogP contribution is 2.24. The first kappa shape index (κ1) is 17.5. The maximum atomic E-state index is 12.7. The van der Waals surface area contributed by atoms with E-state index in [0.29, 0.717) is 5.69 Å². The molecule has 1 amide bonds. The van der Waals surface area contributed by atoms with E-state index in [1.165, 1.54) is 18.2 Å². The number of rotatable bonds is 6. The Bertz CT molecular complexity index is 818. The molecule has 1 atom stereocenters. The first-order valence-electron chi connectivity index (χ1n) is 7.95. The molecule has 0 saturated heterocycles. The highest BCUT2D eigenvalue weighted by molar-refractivity contribution is 5.97. The van der Waals surface area contributed by atoms with Gasteiger partial charge in [-0.2, -0.15) is 8.78 Å². The van der Waals surface area contributed by atoms with E-state index in [9.17, 15) is 13.6 Å². The molecule has 0 aliphatic carbocycles. The van der Waals surface area contributed by atoms with E-state index in [-0.39, 0.29) is 11.3 Å². The summed E-state index contributed by atoms with van der Waals surface area (Å²) in [6, 6.07) is 20.0. The number of para-hydroxylation sites is 1. The minimum atomic E-state index is -3.01. The van der Waals surface area contributed by atoms with Gasteiger partial charge in [-0.3, -0.25) is 9.78 Å². The Morgan fingerprint density at radius 3 is 2.31 bits per heavy atom. The number of aromatic nitrogens is 1. The van der Waals surface area contributed by atoms with E-state index in [1.54, 1.807) is 24.4 Å². The Kier molecular flexibility index (Phi) is 5.53. The molecular formula is C20H16F2N2O2. The third-order valence-corrected chi connectivity index (χ3v) is 3.74. The molecule has 0 spiro atoms. The number of nitrogens with zero attached hydrogens (tertiary/aromatic N) is 1. The van der Waals surface area contributed by atoms with Gasteiger partial charge in [0.1, 0.15) is 5.75 Å². The van der Waals surface area contributed by atoms with Gasteiger partial charge in [-0.25, -0.2) is 0 Å². The van der Waals surface area contributed by atoms with Gasteiger partial charge in [-0.1, -0.05) is 48.5 Å². The molecule has 1 N–H and O–H groups in total. The highest BCUT2D eigenvalue weighted by Gasteiger charge is 2.21. The highest BCUT2D eigenvalue weighted by atomic mass is 19.3. The van der Waals surface area contributed by atoms with Crippen molar-refractivity contribution in [2.75, 3.05) is 0 Å². The van der Waals surface area contributed by atoms with Crippen LogP contribution < -0.4 is 10.1 Å². The van der Waals surface area contributed by atoms with Crippen LogP contribution >= 0.6 is 0 Å². The summed E-state index contributed by atoms with van der Waals surface area (Å²) in [4.78, 5) is 17.0. The standard InChI is InChI=1S/C20H16F2N2O2/c21-20(22)26-17-12-5-4-10-15(17)19(25)24-18(14-8-2-1-3-9-14)16-11-6-7-13-23-16/h1-13,18,20H,(H,24,25). The first-order valence-corrected chi connectivity index (χ1v) is 7.95. The molecule has 132 valence electrons. The van der Waals surface area contributed by atoms with Gasteiger partial charge >= 0.3 is 6.61 Å². The Balaban J connectivity index is 1.92. The topological polar surface area (TPSA) is 51.2 Å². The summed E-state index contributed by atoms with van der Waals surface area (Å²) < 4.78 is 29.6. The molecule has 1 aromatic heterocycles. The number of alkyl halides is 2. The molecule has 3 aromatic rings. The summed E-state index contributed by atoms with van der Waals surface area (Å²) in [5.41, 5.74) is 1.50. The Morgan fingerprint density at radius 2 is 1.62 bits per heavy atom. The molecule has 0 saturated carbocycles. The third-order valence-electron chi connectivity index (χ3n) is 3.74. The summed E-state index contributed by atoms with van der Waals surface area (Å²) in [5, 5.41) is 2.85. The smallest absolute Gasteiger partial charge is 0.387 e. The zero-order valence-electron chi connectivity index (χ0n) is 13.7. The van der Waals surface area contributed by atoms with E-state index in [0.717, 1.165) is 5.56 Å². The van der Waals surface area contributed by atoms with Crippen molar-refractivity contribution >= 4 is 5.91 Å². The fraction of sp³-hybridized carbons (Fsp3) is 0.100. The monoisotopic (exact) mass is 354 g/mol. The van der Waals surface area contributed by atoms with Gasteiger partial charge in [-0.05, 0) is 29.8 Å². The summed E-state index contributed by atoms with van der Waals surface area (Å²) in [6.07, 6.45) is 1.63. The molecule has 1 unspecified atom stereocenters. The van der Waals surface area contributed by atoms with Crippen LogP contribution in [-0.2, 0) is 0 Å². The lowest BCUT2D eigenvalue weighted by atomic mass is 10.0. The van der Waals surface area contributed by atoms with Crippen molar-refractivity contribution in [2.24, 2.45) is 0 Å². The van der Waals surface area contributed by atoms with Crippen molar-refractivity contribution in [3.05, 3.63) is 95.8 Å². The number of ether oxygens (including phenoxy) is 1. The fourth-order valence-electron chi connectivity index (χ4n) is 2.58.